The van der Waals surface area contributed by atoms with Crippen molar-refractivity contribution in [2.75, 3.05) is 98.8 Å². The number of unbranched alkanes of at least 4 members (excludes halogenated alkanes) is 2. The fourth-order valence-corrected chi connectivity index (χ4v) is 5.98. The van der Waals surface area contributed by atoms with Crippen molar-refractivity contribution in [3.8, 4) is 0 Å². The fourth-order valence-electron chi connectivity index (χ4n) is 5.98. The molecule has 0 aromatic rings. The van der Waals surface area contributed by atoms with Gasteiger partial charge in [0.05, 0.1) is 6.61 Å². The molecule has 318 valence electrons. The summed E-state index contributed by atoms with van der Waals surface area (Å²) in [7, 11) is 1.32. The molecule has 0 aliphatic carbocycles. The van der Waals surface area contributed by atoms with Crippen molar-refractivity contribution >= 4 is 12.1 Å². The van der Waals surface area contributed by atoms with Crippen molar-refractivity contribution in [1.82, 2.24) is 42.5 Å². The number of amides is 4. The van der Waals surface area contributed by atoms with Crippen LogP contribution in [-0.2, 0) is 18.9 Å². The summed E-state index contributed by atoms with van der Waals surface area (Å²) in [6.45, 7) is 8.32. The molecule has 0 spiro atoms. The topological polar surface area (TPSA) is 300 Å². The Morgan fingerprint density at radius 3 is 1.57 bits per heavy atom. The quantitative estimate of drug-likeness (QED) is 0.0298. The van der Waals surface area contributed by atoms with E-state index in [9.17, 15) is 30.0 Å². The molecule has 2 rings (SSSR count). The molecule has 2 aliphatic heterocycles. The first-order valence-electron chi connectivity index (χ1n) is 19.7. The highest BCUT2D eigenvalue weighted by molar-refractivity contribution is 5.74. The van der Waals surface area contributed by atoms with Crippen molar-refractivity contribution < 1.29 is 49.0 Å². The minimum Gasteiger partial charge on any atom is -0.394 e. The third-order valence-electron chi connectivity index (χ3n) is 9.12. The molecule has 54 heavy (non-hydrogen) atoms. The number of carbonyl (C=O) groups excluding carboxylic acids is 2. The molecule has 2 fully saturated rings. The molecule has 2 saturated heterocycles. The van der Waals surface area contributed by atoms with Gasteiger partial charge < -0.3 is 93.4 Å². The first-order valence-corrected chi connectivity index (χ1v) is 19.7. The van der Waals surface area contributed by atoms with Crippen LogP contribution in [0.2, 0.25) is 0 Å². The Morgan fingerprint density at radius 2 is 1.07 bits per heavy atom. The molecular weight excluding hydrogens is 708 g/mol. The third-order valence-corrected chi connectivity index (χ3v) is 9.12. The number of methoxy groups -OCH3 is 1. The number of urea groups is 2. The predicted octanol–water partition coefficient (Wildman–Crippen LogP) is -4.09. The van der Waals surface area contributed by atoms with Crippen LogP contribution in [0.25, 0.3) is 0 Å². The zero-order chi connectivity index (χ0) is 39.4. The summed E-state index contributed by atoms with van der Waals surface area (Å²) < 4.78 is 22.7. The lowest BCUT2D eigenvalue weighted by Gasteiger charge is -2.44. The van der Waals surface area contributed by atoms with Gasteiger partial charge in [0.1, 0.15) is 42.7 Å². The maximum absolute atomic E-state index is 12.9. The monoisotopic (exact) mass is 781 g/mol. The van der Waals surface area contributed by atoms with Gasteiger partial charge >= 0.3 is 12.1 Å². The van der Waals surface area contributed by atoms with E-state index in [2.05, 4.69) is 42.5 Å². The number of aliphatic hydroxyl groups excluding tert-OH is 4. The number of hydrogen-bond acceptors (Lipinski definition) is 16. The standard InChI is InChI=1S/C34H72N10O10/c1-51-32-29(48)30(25(23-45)53-32)54-31-26(44-34(50)42-21-9-19-40-15-5-3-13-38-17-7-11-36)28(47)27(46)24(52-31)22-43-33(49)41-20-8-18-39-14-4-2-12-37-16-6-10-35/h24-32,37-40,45-48H,2-23,35-36H2,1H3,(H2,41,43,49)(H2,42,44,50). The maximum Gasteiger partial charge on any atom is 0.315 e. The summed E-state index contributed by atoms with van der Waals surface area (Å²) in [6, 6.07) is -2.42. The molecule has 20 heteroatoms. The highest BCUT2D eigenvalue weighted by atomic mass is 16.7. The molecule has 9 unspecified atom stereocenters. The van der Waals surface area contributed by atoms with Crippen molar-refractivity contribution in [2.24, 2.45) is 11.5 Å². The Balaban J connectivity index is 1.81. The summed E-state index contributed by atoms with van der Waals surface area (Å²) >= 11 is 0. The zero-order valence-corrected chi connectivity index (χ0v) is 32.1. The van der Waals surface area contributed by atoms with Gasteiger partial charge in [0, 0.05) is 26.7 Å². The Morgan fingerprint density at radius 1 is 0.593 bits per heavy atom. The summed E-state index contributed by atoms with van der Waals surface area (Å²) in [4.78, 5) is 25.4. The van der Waals surface area contributed by atoms with Crippen LogP contribution in [0, 0.1) is 0 Å². The number of hydrogen-bond donors (Lipinski definition) is 14. The maximum atomic E-state index is 12.9. The second-order valence-corrected chi connectivity index (χ2v) is 13.5. The number of carbonyl (C=O) groups is 2. The van der Waals surface area contributed by atoms with E-state index in [1.54, 1.807) is 0 Å². The van der Waals surface area contributed by atoms with Crippen molar-refractivity contribution in [3.63, 3.8) is 0 Å². The zero-order valence-electron chi connectivity index (χ0n) is 32.1. The number of nitrogens with one attached hydrogen (secondary N) is 8. The van der Waals surface area contributed by atoms with E-state index in [1.165, 1.54) is 7.11 Å². The molecule has 0 aromatic heterocycles. The molecule has 2 heterocycles. The first kappa shape index (κ1) is 48.1. The van der Waals surface area contributed by atoms with E-state index < -0.39 is 73.9 Å². The summed E-state index contributed by atoms with van der Waals surface area (Å²) in [5, 5.41) is 66.9. The summed E-state index contributed by atoms with van der Waals surface area (Å²) in [5.41, 5.74) is 11.0. The van der Waals surface area contributed by atoms with Gasteiger partial charge in [-0.3, -0.25) is 0 Å². The second kappa shape index (κ2) is 30.2. The molecule has 2 aliphatic rings. The van der Waals surface area contributed by atoms with Crippen LogP contribution < -0.4 is 54.0 Å². The van der Waals surface area contributed by atoms with Crippen molar-refractivity contribution in [2.45, 2.75) is 107 Å². The summed E-state index contributed by atoms with van der Waals surface area (Å²) in [5.74, 6) is 0. The second-order valence-electron chi connectivity index (χ2n) is 13.5. The first-order chi connectivity index (χ1) is 26.3. The largest absolute Gasteiger partial charge is 0.394 e. The normalized spacial score (nSPS) is 26.8. The molecule has 20 nitrogen and oxygen atoms in total. The van der Waals surface area contributed by atoms with Crippen LogP contribution in [0.5, 0.6) is 0 Å². The lowest BCUT2D eigenvalue weighted by atomic mass is 9.96. The van der Waals surface area contributed by atoms with Gasteiger partial charge in [-0.1, -0.05) is 0 Å². The van der Waals surface area contributed by atoms with Crippen molar-refractivity contribution in [1.29, 1.82) is 0 Å². The van der Waals surface area contributed by atoms with Crippen molar-refractivity contribution in [3.05, 3.63) is 0 Å². The lowest BCUT2D eigenvalue weighted by molar-refractivity contribution is -0.283. The molecule has 0 saturated carbocycles. The Kier molecular flexibility index (Phi) is 26.9. The van der Waals surface area contributed by atoms with Gasteiger partial charge in [0.15, 0.2) is 12.6 Å². The lowest BCUT2D eigenvalue weighted by Crippen LogP contribution is -2.67. The molecule has 0 radical (unpaired) electrons. The number of aliphatic hydroxyl groups is 4. The average Bonchev–Trinajstić information content (AvgIpc) is 3.48. The Hall–Kier alpha value is -2.02. The Labute approximate surface area is 320 Å². The van der Waals surface area contributed by atoms with Gasteiger partial charge in [0.2, 0.25) is 0 Å². The molecule has 16 N–H and O–H groups in total. The van der Waals surface area contributed by atoms with Gasteiger partial charge in [-0.15, -0.1) is 0 Å². The molecule has 0 bridgehead atoms. The smallest absolute Gasteiger partial charge is 0.315 e. The van der Waals surface area contributed by atoms with Crippen LogP contribution in [0.4, 0.5) is 9.59 Å². The van der Waals surface area contributed by atoms with Gasteiger partial charge in [-0.2, -0.15) is 0 Å². The van der Waals surface area contributed by atoms with Gasteiger partial charge in [-0.05, 0) is 117 Å². The third kappa shape index (κ3) is 19.2. The number of nitrogens with two attached hydrogens (primary N) is 2. The van der Waals surface area contributed by atoms with Crippen LogP contribution in [0.15, 0.2) is 0 Å². The molecule has 4 amide bonds. The molecule has 0 aromatic carbocycles. The Bertz CT molecular complexity index is 963. The highest BCUT2D eigenvalue weighted by Crippen LogP contribution is 2.30. The average molecular weight is 781 g/mol. The van der Waals surface area contributed by atoms with E-state index >= 15 is 0 Å². The van der Waals surface area contributed by atoms with Gasteiger partial charge in [-0.25, -0.2) is 9.59 Å². The predicted molar refractivity (Wildman–Crippen MR) is 203 cm³/mol. The molecule has 9 atom stereocenters. The van der Waals surface area contributed by atoms with Gasteiger partial charge in [0.25, 0.3) is 0 Å². The van der Waals surface area contributed by atoms with E-state index in [4.69, 9.17) is 30.4 Å². The van der Waals surface area contributed by atoms with Crippen LogP contribution in [-0.4, -0.2) is 187 Å². The van der Waals surface area contributed by atoms with Crippen LogP contribution in [0.1, 0.15) is 51.4 Å². The van der Waals surface area contributed by atoms with E-state index in [0.29, 0.717) is 45.6 Å². The minimum absolute atomic E-state index is 0.202. The SMILES string of the molecule is COC1OC(CO)C(OC2OC(CNC(=O)NCCCNCCCCNCCCN)C(O)C(O)C2NC(=O)NCCCNCCCCNCCCN)C1O. The van der Waals surface area contributed by atoms with E-state index in [0.717, 1.165) is 84.3 Å². The number of rotatable bonds is 31. The van der Waals surface area contributed by atoms with E-state index in [-0.39, 0.29) is 6.54 Å². The van der Waals surface area contributed by atoms with Crippen LogP contribution >= 0.6 is 0 Å². The number of ether oxygens (including phenoxy) is 4. The molecular formula is C34H72N10O10. The highest BCUT2D eigenvalue weighted by Gasteiger charge is 2.51. The van der Waals surface area contributed by atoms with Crippen LogP contribution in [0.3, 0.4) is 0 Å². The van der Waals surface area contributed by atoms with E-state index in [1.807, 2.05) is 0 Å². The summed E-state index contributed by atoms with van der Waals surface area (Å²) in [6.07, 6.45) is -2.84. The minimum atomic E-state index is -1.59. The fraction of sp³-hybridized carbons (Fsp3) is 0.941.